The summed E-state index contributed by atoms with van der Waals surface area (Å²) in [4.78, 5) is 20.1. The number of hydrogen-bond donors (Lipinski definition) is 0. The van der Waals surface area contributed by atoms with E-state index in [0.29, 0.717) is 16.7 Å². The molecule has 6 nitrogen and oxygen atoms in total. The van der Waals surface area contributed by atoms with Gasteiger partial charge in [-0.1, -0.05) is 29.8 Å². The van der Waals surface area contributed by atoms with Gasteiger partial charge >= 0.3 is 0 Å². The number of benzene rings is 2. The number of anilines is 1. The zero-order valence-corrected chi connectivity index (χ0v) is 20.5. The lowest BCUT2D eigenvalue weighted by atomic mass is 10.1. The van der Waals surface area contributed by atoms with Crippen LogP contribution in [-0.2, 0) is 0 Å². The number of fused-ring (bicyclic) bond motifs is 1. The van der Waals surface area contributed by atoms with Gasteiger partial charge in [0.05, 0.1) is 23.2 Å². The van der Waals surface area contributed by atoms with E-state index >= 15 is 0 Å². The lowest BCUT2D eigenvalue weighted by molar-refractivity contribution is 0.242. The van der Waals surface area contributed by atoms with E-state index in [9.17, 15) is 4.79 Å². The molecule has 164 valence electrons. The van der Waals surface area contributed by atoms with Crippen molar-refractivity contribution in [2.45, 2.75) is 46.1 Å². The molecule has 0 fully saturated rings. The second-order valence-corrected chi connectivity index (χ2v) is 9.00. The molecule has 0 N–H and O–H groups in total. The van der Waals surface area contributed by atoms with Crippen molar-refractivity contribution in [3.63, 3.8) is 0 Å². The summed E-state index contributed by atoms with van der Waals surface area (Å²) in [5.41, 5.74) is 2.32. The molecule has 0 spiro atoms. The minimum atomic E-state index is -0.186. The minimum Gasteiger partial charge on any atom is -0.490 e. The molecular weight excluding hydrogens is 456 g/mol. The third-order valence-electron chi connectivity index (χ3n) is 5.08. The Balaban J connectivity index is 2.16. The summed E-state index contributed by atoms with van der Waals surface area (Å²) < 4.78 is 8.26. The molecular formula is C24H29BrN4O2. The fourth-order valence-electron chi connectivity index (χ4n) is 3.16. The van der Waals surface area contributed by atoms with Crippen LogP contribution in [0, 0.1) is 0 Å². The fraction of sp³-hybridized carbons (Fsp3) is 0.375. The van der Waals surface area contributed by atoms with E-state index in [0.717, 1.165) is 27.9 Å². The lowest BCUT2D eigenvalue weighted by Gasteiger charge is -2.18. The van der Waals surface area contributed by atoms with Gasteiger partial charge in [0.1, 0.15) is 11.6 Å². The van der Waals surface area contributed by atoms with Gasteiger partial charge in [0.25, 0.3) is 5.56 Å². The zero-order valence-electron chi connectivity index (χ0n) is 18.9. The van der Waals surface area contributed by atoms with E-state index in [-0.39, 0.29) is 17.6 Å². The Labute approximate surface area is 191 Å². The molecule has 0 unspecified atom stereocenters. The molecule has 0 aliphatic carbocycles. The Morgan fingerprint density at radius 2 is 1.94 bits per heavy atom. The predicted octanol–water partition coefficient (Wildman–Crippen LogP) is 5.41. The van der Waals surface area contributed by atoms with Crippen LogP contribution in [0.15, 0.2) is 50.8 Å². The SMILES string of the molecule is CC[C@@H](C)c1nc2ccc(Br)cc2c(=O)n1N=Cc1ccc(N(C)C)cc1OC(C)C. The lowest BCUT2D eigenvalue weighted by Crippen LogP contribution is -2.23. The summed E-state index contributed by atoms with van der Waals surface area (Å²) in [6.45, 7) is 8.10. The number of hydrogen-bond acceptors (Lipinski definition) is 5. The highest BCUT2D eigenvalue weighted by Gasteiger charge is 2.16. The number of nitrogens with zero attached hydrogens (tertiary/aromatic N) is 4. The van der Waals surface area contributed by atoms with E-state index in [1.807, 2.05) is 63.2 Å². The van der Waals surface area contributed by atoms with Crippen molar-refractivity contribution in [2.75, 3.05) is 19.0 Å². The molecule has 3 aromatic rings. The standard InChI is InChI=1S/C24H29BrN4O2/c1-7-16(4)23-27-21-11-9-18(25)12-20(21)24(30)29(23)26-14-17-8-10-19(28(5)6)13-22(17)31-15(2)3/h8-16H,7H2,1-6H3/t16-/m1/s1. The monoisotopic (exact) mass is 484 g/mol. The van der Waals surface area contributed by atoms with Gasteiger partial charge in [-0.25, -0.2) is 4.98 Å². The molecule has 1 aromatic heterocycles. The van der Waals surface area contributed by atoms with Gasteiger partial charge in [0, 0.05) is 41.8 Å². The van der Waals surface area contributed by atoms with Crippen LogP contribution in [0.1, 0.15) is 51.4 Å². The largest absolute Gasteiger partial charge is 0.490 e. The quantitative estimate of drug-likeness (QED) is 0.420. The summed E-state index contributed by atoms with van der Waals surface area (Å²) in [6.07, 6.45) is 2.54. The zero-order chi connectivity index (χ0) is 22.7. The molecule has 1 atom stereocenters. The van der Waals surface area contributed by atoms with Crippen LogP contribution in [0.4, 0.5) is 5.69 Å². The van der Waals surface area contributed by atoms with Crippen LogP contribution >= 0.6 is 15.9 Å². The molecule has 0 amide bonds. The van der Waals surface area contributed by atoms with Crippen LogP contribution < -0.4 is 15.2 Å². The van der Waals surface area contributed by atoms with Crippen molar-refractivity contribution >= 4 is 38.7 Å². The van der Waals surface area contributed by atoms with Gasteiger partial charge < -0.3 is 9.64 Å². The van der Waals surface area contributed by atoms with Gasteiger partial charge in [0.2, 0.25) is 0 Å². The normalized spacial score (nSPS) is 12.6. The second kappa shape index (κ2) is 9.64. The van der Waals surface area contributed by atoms with Crippen LogP contribution in [0.2, 0.25) is 0 Å². The van der Waals surface area contributed by atoms with Crippen LogP contribution in [-0.4, -0.2) is 36.1 Å². The maximum Gasteiger partial charge on any atom is 0.282 e. The summed E-state index contributed by atoms with van der Waals surface area (Å²) in [7, 11) is 3.97. The number of aromatic nitrogens is 2. The molecule has 0 saturated carbocycles. The van der Waals surface area contributed by atoms with Crippen LogP contribution in [0.3, 0.4) is 0 Å². The van der Waals surface area contributed by atoms with E-state index in [1.165, 1.54) is 4.68 Å². The van der Waals surface area contributed by atoms with Crippen molar-refractivity contribution < 1.29 is 4.74 Å². The van der Waals surface area contributed by atoms with Crippen molar-refractivity contribution in [2.24, 2.45) is 5.10 Å². The fourth-order valence-corrected chi connectivity index (χ4v) is 3.52. The molecule has 0 aliphatic heterocycles. The maximum absolute atomic E-state index is 13.3. The first kappa shape index (κ1) is 23.0. The van der Waals surface area contributed by atoms with E-state index in [4.69, 9.17) is 9.72 Å². The molecule has 2 aromatic carbocycles. The Morgan fingerprint density at radius 3 is 2.58 bits per heavy atom. The summed E-state index contributed by atoms with van der Waals surface area (Å²) >= 11 is 3.44. The molecule has 0 radical (unpaired) electrons. The average molecular weight is 485 g/mol. The van der Waals surface area contributed by atoms with Crippen LogP contribution in [0.5, 0.6) is 5.75 Å². The third kappa shape index (κ3) is 5.15. The first-order valence-corrected chi connectivity index (χ1v) is 11.2. The van der Waals surface area contributed by atoms with Crippen molar-refractivity contribution in [3.05, 3.63) is 62.6 Å². The first-order valence-electron chi connectivity index (χ1n) is 10.5. The Kier molecular flexibility index (Phi) is 7.15. The van der Waals surface area contributed by atoms with E-state index in [2.05, 4.69) is 34.9 Å². The molecule has 1 heterocycles. The first-order chi connectivity index (χ1) is 14.7. The van der Waals surface area contributed by atoms with E-state index in [1.54, 1.807) is 12.3 Å². The Morgan fingerprint density at radius 1 is 1.19 bits per heavy atom. The minimum absolute atomic E-state index is 0.0163. The van der Waals surface area contributed by atoms with Gasteiger partial charge in [0.15, 0.2) is 0 Å². The predicted molar refractivity (Wildman–Crippen MR) is 132 cm³/mol. The summed E-state index contributed by atoms with van der Waals surface area (Å²) in [5.74, 6) is 1.45. The molecule has 0 bridgehead atoms. The topological polar surface area (TPSA) is 59.7 Å². The van der Waals surface area contributed by atoms with Gasteiger partial charge in [-0.2, -0.15) is 9.78 Å². The molecule has 0 saturated heterocycles. The van der Waals surface area contributed by atoms with Crippen molar-refractivity contribution in [1.29, 1.82) is 0 Å². The second-order valence-electron chi connectivity index (χ2n) is 8.09. The van der Waals surface area contributed by atoms with E-state index < -0.39 is 0 Å². The molecule has 3 rings (SSSR count). The smallest absolute Gasteiger partial charge is 0.282 e. The Hall–Kier alpha value is -2.67. The Bertz CT molecular complexity index is 1170. The highest BCUT2D eigenvalue weighted by molar-refractivity contribution is 9.10. The van der Waals surface area contributed by atoms with Gasteiger partial charge in [-0.15, -0.1) is 0 Å². The molecule has 7 heteroatoms. The highest BCUT2D eigenvalue weighted by Crippen LogP contribution is 2.25. The molecule has 31 heavy (non-hydrogen) atoms. The summed E-state index contributed by atoms with van der Waals surface area (Å²) in [6, 6.07) is 11.5. The van der Waals surface area contributed by atoms with Gasteiger partial charge in [-0.05, 0) is 50.6 Å². The highest BCUT2D eigenvalue weighted by atomic mass is 79.9. The number of rotatable bonds is 7. The van der Waals surface area contributed by atoms with Crippen molar-refractivity contribution in [1.82, 2.24) is 9.66 Å². The van der Waals surface area contributed by atoms with Crippen LogP contribution in [0.25, 0.3) is 10.9 Å². The molecule has 0 aliphatic rings. The summed E-state index contributed by atoms with van der Waals surface area (Å²) in [5, 5.41) is 5.10. The number of ether oxygens (including phenoxy) is 1. The number of halogens is 1. The average Bonchev–Trinajstić information content (AvgIpc) is 2.73. The maximum atomic E-state index is 13.3. The van der Waals surface area contributed by atoms with Gasteiger partial charge in [-0.3, -0.25) is 4.79 Å². The van der Waals surface area contributed by atoms with Crippen molar-refractivity contribution in [3.8, 4) is 5.75 Å². The third-order valence-corrected chi connectivity index (χ3v) is 5.57.